The highest BCUT2D eigenvalue weighted by molar-refractivity contribution is 7.89. The molecule has 1 saturated heterocycles. The van der Waals surface area contributed by atoms with E-state index in [0.29, 0.717) is 24.3 Å². The molecule has 0 bridgehead atoms. The fourth-order valence-corrected chi connectivity index (χ4v) is 5.42. The Balaban J connectivity index is 1.51. The van der Waals surface area contributed by atoms with Gasteiger partial charge in [0.2, 0.25) is 10.0 Å². The summed E-state index contributed by atoms with van der Waals surface area (Å²) < 4.78 is 38.2. The van der Waals surface area contributed by atoms with Gasteiger partial charge in [-0.1, -0.05) is 18.6 Å². The molecule has 1 fully saturated rings. The molecule has 0 unspecified atom stereocenters. The van der Waals surface area contributed by atoms with Gasteiger partial charge in [0.15, 0.2) is 5.76 Å². The Bertz CT molecular complexity index is 1260. The Hall–Kier alpha value is -3.43. The van der Waals surface area contributed by atoms with Crippen LogP contribution in [0.5, 0.6) is 5.75 Å². The number of carbonyl (C=O) groups excluding carboxylic acids is 2. The molecule has 2 heterocycles. The Morgan fingerprint density at radius 2 is 1.79 bits per heavy atom. The monoisotopic (exact) mass is 468 g/mol. The first-order valence-electron chi connectivity index (χ1n) is 10.6. The predicted octanol–water partition coefficient (Wildman–Crippen LogP) is 4.23. The van der Waals surface area contributed by atoms with Crippen LogP contribution in [0.1, 0.15) is 45.7 Å². The van der Waals surface area contributed by atoms with Crippen LogP contribution in [0.3, 0.4) is 0 Å². The number of nitrogens with one attached hydrogen (secondary N) is 1. The molecule has 1 N–H and O–H groups in total. The van der Waals surface area contributed by atoms with Gasteiger partial charge in [-0.3, -0.25) is 4.79 Å². The van der Waals surface area contributed by atoms with Gasteiger partial charge in [-0.2, -0.15) is 4.31 Å². The largest absolute Gasteiger partial charge is 0.459 e. The normalized spacial score (nSPS) is 14.6. The lowest BCUT2D eigenvalue weighted by Gasteiger charge is -2.26. The summed E-state index contributed by atoms with van der Waals surface area (Å²) in [7, 11) is -3.69. The summed E-state index contributed by atoms with van der Waals surface area (Å²) in [6, 6.07) is 14.0. The van der Waals surface area contributed by atoms with Crippen molar-refractivity contribution < 1.29 is 27.2 Å². The van der Waals surface area contributed by atoms with Crippen molar-refractivity contribution in [3.8, 4) is 5.75 Å². The van der Waals surface area contributed by atoms with Crippen LogP contribution in [-0.4, -0.2) is 37.7 Å². The number of furan rings is 1. The molecule has 0 radical (unpaired) electrons. The molecule has 1 aliphatic rings. The predicted molar refractivity (Wildman–Crippen MR) is 122 cm³/mol. The van der Waals surface area contributed by atoms with E-state index in [1.54, 1.807) is 37.3 Å². The number of hydrogen-bond donors (Lipinski definition) is 1. The zero-order valence-electron chi connectivity index (χ0n) is 18.1. The van der Waals surface area contributed by atoms with E-state index in [-0.39, 0.29) is 22.0 Å². The average Bonchev–Trinajstić information content (AvgIpc) is 3.35. The van der Waals surface area contributed by atoms with Crippen LogP contribution in [0.2, 0.25) is 0 Å². The fourth-order valence-electron chi connectivity index (χ4n) is 3.65. The van der Waals surface area contributed by atoms with Crippen molar-refractivity contribution in [2.75, 3.05) is 18.4 Å². The summed E-state index contributed by atoms with van der Waals surface area (Å²) >= 11 is 0. The van der Waals surface area contributed by atoms with Gasteiger partial charge in [0.25, 0.3) is 5.91 Å². The minimum absolute atomic E-state index is 0.110. The van der Waals surface area contributed by atoms with Crippen LogP contribution in [0, 0.1) is 6.92 Å². The van der Waals surface area contributed by atoms with E-state index >= 15 is 0 Å². The standard InChI is InChI=1S/C24H24N2O6S/c1-17-10-11-18(15-22(17)33(29,30)26-12-3-2-4-13-26)24(28)32-20-8-5-7-19(16-20)25-23(27)21-9-6-14-31-21/h5-11,14-16H,2-4,12-13H2,1H3,(H,25,27). The van der Waals surface area contributed by atoms with E-state index in [9.17, 15) is 18.0 Å². The average molecular weight is 469 g/mol. The van der Waals surface area contributed by atoms with Crippen LogP contribution in [-0.2, 0) is 10.0 Å². The molecule has 9 heteroatoms. The quantitative estimate of drug-likeness (QED) is 0.429. The first kappa shape index (κ1) is 22.8. The molecule has 1 aromatic heterocycles. The Morgan fingerprint density at radius 3 is 2.52 bits per heavy atom. The lowest BCUT2D eigenvalue weighted by Crippen LogP contribution is -2.36. The molecule has 33 heavy (non-hydrogen) atoms. The topological polar surface area (TPSA) is 106 Å². The molecule has 0 spiro atoms. The first-order chi connectivity index (χ1) is 15.8. The Morgan fingerprint density at radius 1 is 1.00 bits per heavy atom. The van der Waals surface area contributed by atoms with E-state index in [0.717, 1.165) is 19.3 Å². The highest BCUT2D eigenvalue weighted by Gasteiger charge is 2.28. The fraction of sp³-hybridized carbons (Fsp3) is 0.250. The smallest absolute Gasteiger partial charge is 0.343 e. The van der Waals surface area contributed by atoms with Gasteiger partial charge in [0, 0.05) is 24.8 Å². The third-order valence-electron chi connectivity index (χ3n) is 5.40. The van der Waals surface area contributed by atoms with Crippen LogP contribution in [0.15, 0.2) is 70.2 Å². The molecule has 1 aliphatic heterocycles. The van der Waals surface area contributed by atoms with Gasteiger partial charge in [0.05, 0.1) is 16.7 Å². The van der Waals surface area contributed by atoms with Crippen molar-refractivity contribution in [3.63, 3.8) is 0 Å². The van der Waals surface area contributed by atoms with E-state index in [2.05, 4.69) is 5.32 Å². The minimum atomic E-state index is -3.69. The molecular weight excluding hydrogens is 444 g/mol. The number of anilines is 1. The summed E-state index contributed by atoms with van der Waals surface area (Å²) in [4.78, 5) is 25.0. The lowest BCUT2D eigenvalue weighted by atomic mass is 10.1. The zero-order valence-corrected chi connectivity index (χ0v) is 18.9. The molecule has 0 aliphatic carbocycles. The summed E-state index contributed by atoms with van der Waals surface area (Å²) in [5.74, 6) is -0.771. The number of benzene rings is 2. The number of hydrogen-bond acceptors (Lipinski definition) is 6. The number of ether oxygens (including phenoxy) is 1. The van der Waals surface area contributed by atoms with Crippen molar-refractivity contribution in [3.05, 3.63) is 77.7 Å². The number of carbonyl (C=O) groups is 2. The molecule has 0 atom stereocenters. The second-order valence-corrected chi connectivity index (χ2v) is 9.70. The van der Waals surface area contributed by atoms with Crippen molar-refractivity contribution in [1.82, 2.24) is 4.31 Å². The summed E-state index contributed by atoms with van der Waals surface area (Å²) in [6.07, 6.45) is 4.06. The summed E-state index contributed by atoms with van der Waals surface area (Å²) in [5.41, 5.74) is 1.11. The second-order valence-electron chi connectivity index (χ2n) is 7.79. The SMILES string of the molecule is Cc1ccc(C(=O)Oc2cccc(NC(=O)c3ccco3)c2)cc1S(=O)(=O)N1CCCCC1. The van der Waals surface area contributed by atoms with Crippen LogP contribution < -0.4 is 10.1 Å². The molecule has 2 aromatic carbocycles. The molecule has 4 rings (SSSR count). The Labute approximate surface area is 192 Å². The van der Waals surface area contributed by atoms with E-state index in [1.165, 1.54) is 34.8 Å². The van der Waals surface area contributed by atoms with Crippen LogP contribution in [0.25, 0.3) is 0 Å². The second kappa shape index (κ2) is 9.60. The van der Waals surface area contributed by atoms with E-state index < -0.39 is 21.9 Å². The third kappa shape index (κ3) is 5.15. The van der Waals surface area contributed by atoms with Crippen LogP contribution in [0.4, 0.5) is 5.69 Å². The van der Waals surface area contributed by atoms with Crippen molar-refractivity contribution in [2.24, 2.45) is 0 Å². The number of amides is 1. The first-order valence-corrected chi connectivity index (χ1v) is 12.1. The molecule has 172 valence electrons. The van der Waals surface area contributed by atoms with Gasteiger partial charge >= 0.3 is 5.97 Å². The number of aryl methyl sites for hydroxylation is 1. The number of nitrogens with zero attached hydrogens (tertiary/aromatic N) is 1. The number of rotatable bonds is 6. The van der Waals surface area contributed by atoms with Gasteiger partial charge < -0.3 is 14.5 Å². The molecule has 8 nitrogen and oxygen atoms in total. The molecule has 1 amide bonds. The minimum Gasteiger partial charge on any atom is -0.459 e. The number of piperidine rings is 1. The maximum Gasteiger partial charge on any atom is 0.343 e. The third-order valence-corrected chi connectivity index (χ3v) is 7.44. The van der Waals surface area contributed by atoms with E-state index in [1.807, 2.05) is 0 Å². The van der Waals surface area contributed by atoms with Crippen molar-refractivity contribution in [1.29, 1.82) is 0 Å². The number of sulfonamides is 1. The van der Waals surface area contributed by atoms with Gasteiger partial charge in [0.1, 0.15) is 5.75 Å². The zero-order chi connectivity index (χ0) is 23.4. The molecule has 3 aromatic rings. The molecular formula is C24H24N2O6S. The van der Waals surface area contributed by atoms with Crippen LogP contribution >= 0.6 is 0 Å². The maximum atomic E-state index is 13.1. The molecule has 0 saturated carbocycles. The highest BCUT2D eigenvalue weighted by atomic mass is 32.2. The van der Waals surface area contributed by atoms with Gasteiger partial charge in [-0.05, 0) is 61.7 Å². The lowest BCUT2D eigenvalue weighted by molar-refractivity contribution is 0.0734. The van der Waals surface area contributed by atoms with E-state index in [4.69, 9.17) is 9.15 Å². The van der Waals surface area contributed by atoms with Gasteiger partial charge in [-0.15, -0.1) is 0 Å². The highest BCUT2D eigenvalue weighted by Crippen LogP contribution is 2.25. The Kier molecular flexibility index (Phi) is 6.62. The maximum absolute atomic E-state index is 13.1. The summed E-state index contributed by atoms with van der Waals surface area (Å²) in [5, 5.41) is 2.66. The van der Waals surface area contributed by atoms with Crippen molar-refractivity contribution in [2.45, 2.75) is 31.1 Å². The van der Waals surface area contributed by atoms with Crippen molar-refractivity contribution >= 4 is 27.6 Å². The summed E-state index contributed by atoms with van der Waals surface area (Å²) in [6.45, 7) is 2.66. The number of esters is 1. The van der Waals surface area contributed by atoms with Gasteiger partial charge in [-0.25, -0.2) is 13.2 Å².